The van der Waals surface area contributed by atoms with Crippen LogP contribution in [0.15, 0.2) is 41.5 Å². The molecule has 0 heterocycles. The lowest BCUT2D eigenvalue weighted by molar-refractivity contribution is -0.108. The molecule has 1 aliphatic rings. The number of aldehydes is 1. The van der Waals surface area contributed by atoms with Crippen LogP contribution in [-0.2, 0) is 20.6 Å². The van der Waals surface area contributed by atoms with Crippen LogP contribution in [0, 0.1) is 5.41 Å². The van der Waals surface area contributed by atoms with E-state index in [2.05, 4.69) is 59.8 Å². The second-order valence-electron chi connectivity index (χ2n) is 9.61. The highest BCUT2D eigenvalue weighted by atomic mass is 28.4. The summed E-state index contributed by atoms with van der Waals surface area (Å²) in [6.45, 7) is 16.6. The molecule has 0 spiro atoms. The van der Waals surface area contributed by atoms with Crippen molar-refractivity contribution < 1.29 is 14.0 Å². The molecule has 0 amide bonds. The zero-order valence-electron chi connectivity index (χ0n) is 18.1. The summed E-state index contributed by atoms with van der Waals surface area (Å²) in [5.74, 6) is 0. The van der Waals surface area contributed by atoms with Crippen molar-refractivity contribution >= 4 is 14.6 Å². The molecule has 0 saturated carbocycles. The minimum absolute atomic E-state index is 0.0121. The Morgan fingerprint density at radius 1 is 1.22 bits per heavy atom. The monoisotopic (exact) mass is 388 g/mol. The fourth-order valence-electron chi connectivity index (χ4n) is 3.54. The molecule has 27 heavy (non-hydrogen) atoms. The average molecular weight is 389 g/mol. The Morgan fingerprint density at radius 2 is 1.85 bits per heavy atom. The van der Waals surface area contributed by atoms with Crippen molar-refractivity contribution in [3.63, 3.8) is 0 Å². The van der Waals surface area contributed by atoms with Crippen LogP contribution in [0.2, 0.25) is 18.1 Å². The molecular formula is C23H36O3Si. The van der Waals surface area contributed by atoms with Gasteiger partial charge in [-0.05, 0) is 43.5 Å². The number of hydrogen-bond donors (Lipinski definition) is 0. The van der Waals surface area contributed by atoms with Gasteiger partial charge in [-0.25, -0.2) is 0 Å². The van der Waals surface area contributed by atoms with Gasteiger partial charge in [-0.1, -0.05) is 63.6 Å². The number of rotatable bonds is 7. The van der Waals surface area contributed by atoms with Gasteiger partial charge in [0, 0.05) is 11.0 Å². The van der Waals surface area contributed by atoms with Gasteiger partial charge in [0.15, 0.2) is 8.32 Å². The first-order chi connectivity index (χ1) is 12.5. The number of carbonyl (C=O) groups is 1. The number of benzene rings is 1. The molecule has 0 radical (unpaired) electrons. The molecule has 4 heteroatoms. The molecule has 150 valence electrons. The van der Waals surface area contributed by atoms with E-state index in [1.807, 2.05) is 18.2 Å². The summed E-state index contributed by atoms with van der Waals surface area (Å²) < 4.78 is 12.9. The molecule has 0 bridgehead atoms. The topological polar surface area (TPSA) is 35.5 Å². The standard InChI is InChI=1S/C23H36O3Si/c1-18-13-14-21(26-27(6,7)22(2,3)4)23(5,20(18)15-24)17-25-16-19-11-9-8-10-12-19/h8-12,15,21H,13-14,16-17H2,1-7H3/t21-,23+/m0/s1. The van der Waals surface area contributed by atoms with E-state index in [0.717, 1.165) is 30.3 Å². The van der Waals surface area contributed by atoms with E-state index in [0.29, 0.717) is 13.2 Å². The minimum Gasteiger partial charge on any atom is -0.413 e. The molecule has 0 N–H and O–H groups in total. The molecule has 0 fully saturated rings. The Labute approximate surface area is 166 Å². The van der Waals surface area contributed by atoms with E-state index < -0.39 is 13.7 Å². The molecule has 1 aromatic rings. The number of ether oxygens (including phenoxy) is 1. The summed E-state index contributed by atoms with van der Waals surface area (Å²) >= 11 is 0. The minimum atomic E-state index is -1.94. The van der Waals surface area contributed by atoms with Gasteiger partial charge in [-0.2, -0.15) is 0 Å². The highest BCUT2D eigenvalue weighted by Crippen LogP contribution is 2.46. The van der Waals surface area contributed by atoms with Crippen LogP contribution in [0.3, 0.4) is 0 Å². The Bertz CT molecular complexity index is 673. The van der Waals surface area contributed by atoms with Gasteiger partial charge in [0.1, 0.15) is 6.29 Å². The van der Waals surface area contributed by atoms with Crippen LogP contribution < -0.4 is 0 Å². The molecule has 1 aliphatic carbocycles. The normalized spacial score (nSPS) is 24.2. The summed E-state index contributed by atoms with van der Waals surface area (Å²) in [7, 11) is -1.94. The molecule has 2 rings (SSSR count). The summed E-state index contributed by atoms with van der Waals surface area (Å²) in [4.78, 5) is 12.0. The molecule has 2 atom stereocenters. The predicted octanol–water partition coefficient (Wildman–Crippen LogP) is 5.91. The Morgan fingerprint density at radius 3 is 2.41 bits per heavy atom. The maximum absolute atomic E-state index is 12.0. The Hall–Kier alpha value is -1.23. The second-order valence-corrected chi connectivity index (χ2v) is 14.4. The quantitative estimate of drug-likeness (QED) is 0.430. The maximum atomic E-state index is 12.0. The summed E-state index contributed by atoms with van der Waals surface area (Å²) in [5, 5.41) is 0.135. The van der Waals surface area contributed by atoms with Gasteiger partial charge in [0.05, 0.1) is 19.3 Å². The lowest BCUT2D eigenvalue weighted by Gasteiger charge is -2.48. The lowest BCUT2D eigenvalue weighted by atomic mass is 9.70. The van der Waals surface area contributed by atoms with Gasteiger partial charge in [-0.15, -0.1) is 0 Å². The lowest BCUT2D eigenvalue weighted by Crippen LogP contribution is -2.52. The van der Waals surface area contributed by atoms with E-state index in [1.165, 1.54) is 5.57 Å². The van der Waals surface area contributed by atoms with Crippen molar-refractivity contribution in [1.29, 1.82) is 0 Å². The van der Waals surface area contributed by atoms with Crippen LogP contribution in [0.1, 0.15) is 53.0 Å². The first kappa shape index (κ1) is 22.1. The van der Waals surface area contributed by atoms with Gasteiger partial charge in [-0.3, -0.25) is 4.79 Å². The van der Waals surface area contributed by atoms with Crippen LogP contribution >= 0.6 is 0 Å². The molecule has 0 unspecified atom stereocenters. The Kier molecular flexibility index (Phi) is 6.88. The molecule has 3 nitrogen and oxygen atoms in total. The summed E-state index contributed by atoms with van der Waals surface area (Å²) in [6, 6.07) is 10.2. The maximum Gasteiger partial charge on any atom is 0.192 e. The van der Waals surface area contributed by atoms with E-state index in [-0.39, 0.29) is 11.1 Å². The molecule has 0 aliphatic heterocycles. The SMILES string of the molecule is CC1=C(C=O)[C@@](C)(COCc2ccccc2)[C@@H](O[Si](C)(C)C(C)(C)C)CC1. The Balaban J connectivity index is 2.23. The highest BCUT2D eigenvalue weighted by molar-refractivity contribution is 6.74. The van der Waals surface area contributed by atoms with Crippen LogP contribution in [-0.4, -0.2) is 27.3 Å². The van der Waals surface area contributed by atoms with Crippen LogP contribution in [0.4, 0.5) is 0 Å². The largest absolute Gasteiger partial charge is 0.413 e. The van der Waals surface area contributed by atoms with Gasteiger partial charge >= 0.3 is 0 Å². The summed E-state index contributed by atoms with van der Waals surface area (Å²) in [6.07, 6.45) is 2.91. The van der Waals surface area contributed by atoms with E-state index >= 15 is 0 Å². The number of carbonyl (C=O) groups excluding carboxylic acids is 1. The third-order valence-electron chi connectivity index (χ3n) is 6.44. The third-order valence-corrected chi connectivity index (χ3v) is 10.9. The molecule has 0 aromatic heterocycles. The van der Waals surface area contributed by atoms with Gasteiger partial charge < -0.3 is 9.16 Å². The molecule has 0 saturated heterocycles. The van der Waals surface area contributed by atoms with Crippen molar-refractivity contribution in [2.45, 2.75) is 78.3 Å². The van der Waals surface area contributed by atoms with Gasteiger partial charge in [0.2, 0.25) is 0 Å². The zero-order chi connectivity index (χ0) is 20.3. The first-order valence-electron chi connectivity index (χ1n) is 9.96. The number of allylic oxidation sites excluding steroid dienone is 1. The fourth-order valence-corrected chi connectivity index (χ4v) is 4.99. The van der Waals surface area contributed by atoms with E-state index in [1.54, 1.807) is 0 Å². The predicted molar refractivity (Wildman–Crippen MR) is 114 cm³/mol. The molecule has 1 aromatic carbocycles. The second kappa shape index (κ2) is 8.42. The van der Waals surface area contributed by atoms with Crippen molar-refractivity contribution in [3.05, 3.63) is 47.0 Å². The van der Waals surface area contributed by atoms with Crippen molar-refractivity contribution in [2.24, 2.45) is 5.41 Å². The third kappa shape index (κ3) is 4.98. The van der Waals surface area contributed by atoms with Crippen molar-refractivity contribution in [1.82, 2.24) is 0 Å². The number of hydrogen-bond acceptors (Lipinski definition) is 3. The van der Waals surface area contributed by atoms with Crippen LogP contribution in [0.5, 0.6) is 0 Å². The van der Waals surface area contributed by atoms with E-state index in [9.17, 15) is 4.79 Å². The highest BCUT2D eigenvalue weighted by Gasteiger charge is 2.47. The zero-order valence-corrected chi connectivity index (χ0v) is 19.1. The van der Waals surface area contributed by atoms with Crippen LogP contribution in [0.25, 0.3) is 0 Å². The summed E-state index contributed by atoms with van der Waals surface area (Å²) in [5.41, 5.74) is 2.78. The fraction of sp³-hybridized carbons (Fsp3) is 0.609. The first-order valence-corrected chi connectivity index (χ1v) is 12.9. The van der Waals surface area contributed by atoms with Gasteiger partial charge in [0.25, 0.3) is 0 Å². The van der Waals surface area contributed by atoms with E-state index in [4.69, 9.17) is 9.16 Å². The smallest absolute Gasteiger partial charge is 0.192 e. The van der Waals surface area contributed by atoms with Crippen molar-refractivity contribution in [3.8, 4) is 0 Å². The average Bonchev–Trinajstić information content (AvgIpc) is 2.58. The molecular weight excluding hydrogens is 352 g/mol. The van der Waals surface area contributed by atoms with Crippen molar-refractivity contribution in [2.75, 3.05) is 6.61 Å².